The van der Waals surface area contributed by atoms with Gasteiger partial charge in [0.05, 0.1) is 6.54 Å². The van der Waals surface area contributed by atoms with E-state index in [-0.39, 0.29) is 11.8 Å². The van der Waals surface area contributed by atoms with E-state index < -0.39 is 0 Å². The van der Waals surface area contributed by atoms with Crippen LogP contribution in [0.2, 0.25) is 0 Å². The molecule has 0 unspecified atom stereocenters. The first-order chi connectivity index (χ1) is 12.2. The van der Waals surface area contributed by atoms with Gasteiger partial charge in [0.15, 0.2) is 0 Å². The molecular weight excluding hydrogens is 334 g/mol. The van der Waals surface area contributed by atoms with E-state index in [1.165, 1.54) is 18.4 Å². The van der Waals surface area contributed by atoms with Gasteiger partial charge < -0.3 is 9.80 Å². The van der Waals surface area contributed by atoms with E-state index in [0.717, 1.165) is 58.5 Å². The van der Waals surface area contributed by atoms with Crippen molar-refractivity contribution in [1.82, 2.24) is 14.7 Å². The van der Waals surface area contributed by atoms with E-state index in [9.17, 15) is 9.59 Å². The highest BCUT2D eigenvalue weighted by molar-refractivity contribution is 7.07. The Balaban J connectivity index is 1.37. The summed E-state index contributed by atoms with van der Waals surface area (Å²) in [6, 6.07) is 2.09. The molecule has 1 aromatic rings. The molecular formula is C19H29N3O2S. The van der Waals surface area contributed by atoms with Gasteiger partial charge in [-0.1, -0.05) is 12.8 Å². The zero-order chi connectivity index (χ0) is 17.5. The van der Waals surface area contributed by atoms with Crippen LogP contribution < -0.4 is 0 Å². The van der Waals surface area contributed by atoms with Crippen molar-refractivity contribution in [3.63, 3.8) is 0 Å². The summed E-state index contributed by atoms with van der Waals surface area (Å²) < 4.78 is 0. The van der Waals surface area contributed by atoms with Gasteiger partial charge >= 0.3 is 0 Å². The minimum absolute atomic E-state index is 0.240. The van der Waals surface area contributed by atoms with Crippen molar-refractivity contribution in [3.05, 3.63) is 22.4 Å². The largest absolute Gasteiger partial charge is 0.342 e. The molecule has 0 saturated carbocycles. The predicted octanol–water partition coefficient (Wildman–Crippen LogP) is 2.23. The van der Waals surface area contributed by atoms with Crippen LogP contribution in [0.3, 0.4) is 0 Å². The van der Waals surface area contributed by atoms with E-state index in [0.29, 0.717) is 13.0 Å². The summed E-state index contributed by atoms with van der Waals surface area (Å²) in [6.07, 6.45) is 6.18. The molecule has 0 aromatic carbocycles. The molecule has 0 N–H and O–H groups in total. The SMILES string of the molecule is O=C(CCc1ccsc1)N1CCN(CC(=O)N2CCCCCC2)CC1. The lowest BCUT2D eigenvalue weighted by molar-refractivity contribution is -0.135. The van der Waals surface area contributed by atoms with Crippen LogP contribution in [-0.2, 0) is 16.0 Å². The van der Waals surface area contributed by atoms with E-state index in [2.05, 4.69) is 21.7 Å². The van der Waals surface area contributed by atoms with Crippen LogP contribution >= 0.6 is 11.3 Å². The predicted molar refractivity (Wildman–Crippen MR) is 101 cm³/mol. The molecule has 2 aliphatic heterocycles. The second kappa shape index (κ2) is 9.34. The molecule has 5 nitrogen and oxygen atoms in total. The Morgan fingerprint density at radius 3 is 2.20 bits per heavy atom. The van der Waals surface area contributed by atoms with Crippen LogP contribution in [0.5, 0.6) is 0 Å². The van der Waals surface area contributed by atoms with Gasteiger partial charge in [-0.15, -0.1) is 0 Å². The number of aryl methyl sites for hydroxylation is 1. The second-order valence-electron chi connectivity index (χ2n) is 7.08. The molecule has 0 atom stereocenters. The number of hydrogen-bond donors (Lipinski definition) is 0. The van der Waals surface area contributed by atoms with E-state index in [4.69, 9.17) is 0 Å². The number of nitrogens with zero attached hydrogens (tertiary/aromatic N) is 3. The number of carbonyl (C=O) groups is 2. The fourth-order valence-electron chi connectivity index (χ4n) is 3.61. The van der Waals surface area contributed by atoms with E-state index >= 15 is 0 Å². The minimum Gasteiger partial charge on any atom is -0.342 e. The maximum atomic E-state index is 12.5. The quantitative estimate of drug-likeness (QED) is 0.806. The molecule has 2 saturated heterocycles. The first kappa shape index (κ1) is 18.4. The maximum absolute atomic E-state index is 12.5. The number of likely N-dealkylation sites (tertiary alicyclic amines) is 1. The molecule has 6 heteroatoms. The van der Waals surface area contributed by atoms with Crippen molar-refractivity contribution >= 4 is 23.2 Å². The Hall–Kier alpha value is -1.40. The van der Waals surface area contributed by atoms with Crippen LogP contribution in [0.1, 0.15) is 37.7 Å². The molecule has 1 aromatic heterocycles. The molecule has 0 bridgehead atoms. The van der Waals surface area contributed by atoms with Crippen molar-refractivity contribution in [3.8, 4) is 0 Å². The minimum atomic E-state index is 0.240. The summed E-state index contributed by atoms with van der Waals surface area (Å²) in [5.41, 5.74) is 1.25. The molecule has 0 radical (unpaired) electrons. The van der Waals surface area contributed by atoms with Crippen LogP contribution in [0.25, 0.3) is 0 Å². The monoisotopic (exact) mass is 363 g/mol. The topological polar surface area (TPSA) is 43.9 Å². The average Bonchev–Trinajstić information content (AvgIpc) is 3.00. The van der Waals surface area contributed by atoms with Crippen molar-refractivity contribution < 1.29 is 9.59 Å². The van der Waals surface area contributed by atoms with Gasteiger partial charge in [0.25, 0.3) is 0 Å². The molecule has 138 valence electrons. The summed E-state index contributed by atoms with van der Waals surface area (Å²) in [7, 11) is 0. The zero-order valence-electron chi connectivity index (χ0n) is 15.0. The number of rotatable bonds is 5. The van der Waals surface area contributed by atoms with Gasteiger partial charge in [-0.25, -0.2) is 0 Å². The van der Waals surface area contributed by atoms with Crippen LogP contribution in [0.15, 0.2) is 16.8 Å². The Morgan fingerprint density at radius 1 is 0.880 bits per heavy atom. The Morgan fingerprint density at radius 2 is 1.56 bits per heavy atom. The van der Waals surface area contributed by atoms with E-state index in [1.807, 2.05) is 9.80 Å². The Labute approximate surface area is 154 Å². The summed E-state index contributed by atoms with van der Waals surface area (Å²) in [5.74, 6) is 0.504. The average molecular weight is 364 g/mol. The zero-order valence-corrected chi connectivity index (χ0v) is 15.8. The lowest BCUT2D eigenvalue weighted by atomic mass is 10.1. The number of amides is 2. The lowest BCUT2D eigenvalue weighted by Gasteiger charge is -2.35. The third-order valence-corrected chi connectivity index (χ3v) is 5.98. The van der Waals surface area contributed by atoms with Gasteiger partial charge in [0, 0.05) is 45.7 Å². The highest BCUT2D eigenvalue weighted by Gasteiger charge is 2.24. The highest BCUT2D eigenvalue weighted by Crippen LogP contribution is 2.12. The fourth-order valence-corrected chi connectivity index (χ4v) is 4.31. The van der Waals surface area contributed by atoms with Crippen LogP contribution in [-0.4, -0.2) is 72.3 Å². The van der Waals surface area contributed by atoms with Crippen molar-refractivity contribution in [2.24, 2.45) is 0 Å². The molecule has 0 aliphatic carbocycles. The first-order valence-corrected chi connectivity index (χ1v) is 10.5. The number of carbonyl (C=O) groups excluding carboxylic acids is 2. The molecule has 2 aliphatic rings. The Kier molecular flexibility index (Phi) is 6.87. The normalized spacial score (nSPS) is 19.7. The van der Waals surface area contributed by atoms with Crippen molar-refractivity contribution in [2.75, 3.05) is 45.8 Å². The molecule has 3 heterocycles. The number of piperazine rings is 1. The third kappa shape index (κ3) is 5.54. The first-order valence-electron chi connectivity index (χ1n) is 9.51. The Bertz CT molecular complexity index is 545. The number of thiophene rings is 1. The maximum Gasteiger partial charge on any atom is 0.236 e. The van der Waals surface area contributed by atoms with Gasteiger partial charge in [0.2, 0.25) is 11.8 Å². The number of hydrogen-bond acceptors (Lipinski definition) is 4. The standard InChI is InChI=1S/C19H29N3O2S/c23-18(6-5-17-7-14-25-16-17)22-12-10-20(11-13-22)15-19(24)21-8-3-1-2-4-9-21/h7,14,16H,1-6,8-13,15H2. The summed E-state index contributed by atoms with van der Waals surface area (Å²) in [4.78, 5) is 31.0. The smallest absolute Gasteiger partial charge is 0.236 e. The van der Waals surface area contributed by atoms with Gasteiger partial charge in [-0.05, 0) is 41.7 Å². The van der Waals surface area contributed by atoms with Crippen LogP contribution in [0, 0.1) is 0 Å². The summed E-state index contributed by atoms with van der Waals surface area (Å²) in [6.45, 7) is 5.45. The second-order valence-corrected chi connectivity index (χ2v) is 7.86. The highest BCUT2D eigenvalue weighted by atomic mass is 32.1. The van der Waals surface area contributed by atoms with Crippen molar-refractivity contribution in [1.29, 1.82) is 0 Å². The van der Waals surface area contributed by atoms with Gasteiger partial charge in [0.1, 0.15) is 0 Å². The molecule has 3 rings (SSSR count). The molecule has 0 spiro atoms. The van der Waals surface area contributed by atoms with Gasteiger partial charge in [-0.2, -0.15) is 11.3 Å². The van der Waals surface area contributed by atoms with Crippen LogP contribution in [0.4, 0.5) is 0 Å². The molecule has 2 amide bonds. The summed E-state index contributed by atoms with van der Waals surface area (Å²) >= 11 is 1.68. The fraction of sp³-hybridized carbons (Fsp3) is 0.684. The lowest BCUT2D eigenvalue weighted by Crippen LogP contribution is -2.51. The summed E-state index contributed by atoms with van der Waals surface area (Å²) in [5, 5.41) is 4.17. The van der Waals surface area contributed by atoms with Crippen molar-refractivity contribution in [2.45, 2.75) is 38.5 Å². The molecule has 2 fully saturated rings. The van der Waals surface area contributed by atoms with Gasteiger partial charge in [-0.3, -0.25) is 14.5 Å². The van der Waals surface area contributed by atoms with E-state index in [1.54, 1.807) is 11.3 Å². The third-order valence-electron chi connectivity index (χ3n) is 5.25. The molecule has 25 heavy (non-hydrogen) atoms.